The van der Waals surface area contributed by atoms with Crippen molar-refractivity contribution in [2.75, 3.05) is 13.1 Å². The van der Waals surface area contributed by atoms with Crippen molar-refractivity contribution in [3.63, 3.8) is 0 Å². The lowest BCUT2D eigenvalue weighted by Gasteiger charge is -2.39. The summed E-state index contributed by atoms with van der Waals surface area (Å²) >= 11 is 0. The second kappa shape index (κ2) is 4.06. The van der Waals surface area contributed by atoms with Gasteiger partial charge in [0.05, 0.1) is 0 Å². The highest BCUT2D eigenvalue weighted by molar-refractivity contribution is 4.87. The zero-order chi connectivity index (χ0) is 10.8. The Bertz CT molecular complexity index is 181. The molecule has 1 N–H and O–H groups in total. The van der Waals surface area contributed by atoms with Gasteiger partial charge in [-0.15, -0.1) is 0 Å². The van der Waals surface area contributed by atoms with Crippen LogP contribution >= 0.6 is 0 Å². The number of nitrogens with zero attached hydrogens (tertiary/aromatic N) is 1. The maximum atomic E-state index is 12.7. The second-order valence-corrected chi connectivity index (χ2v) is 4.18. The Balaban J connectivity index is 2.69. The molecule has 0 bridgehead atoms. The summed E-state index contributed by atoms with van der Waals surface area (Å²) in [5.41, 5.74) is 1.06. The van der Waals surface area contributed by atoms with Crippen LogP contribution in [0, 0.1) is 0 Å². The van der Waals surface area contributed by atoms with Crippen molar-refractivity contribution in [3.8, 4) is 0 Å². The largest absolute Gasteiger partial charge is 0.407 e. The number of hydrogen-bond donors (Lipinski definition) is 1. The monoisotopic (exact) mass is 210 g/mol. The van der Waals surface area contributed by atoms with E-state index in [1.54, 1.807) is 0 Å². The van der Waals surface area contributed by atoms with Crippen molar-refractivity contribution < 1.29 is 13.2 Å². The van der Waals surface area contributed by atoms with E-state index in [0.29, 0.717) is 13.1 Å². The van der Waals surface area contributed by atoms with Crippen molar-refractivity contribution in [1.29, 1.82) is 0 Å². The van der Waals surface area contributed by atoms with Gasteiger partial charge in [0.1, 0.15) is 5.54 Å². The van der Waals surface area contributed by atoms with Gasteiger partial charge in [0, 0.05) is 13.1 Å². The summed E-state index contributed by atoms with van der Waals surface area (Å²) in [6, 6.07) is 0. The van der Waals surface area contributed by atoms with E-state index in [-0.39, 0.29) is 0 Å². The van der Waals surface area contributed by atoms with Gasteiger partial charge in [0.15, 0.2) is 0 Å². The second-order valence-electron chi connectivity index (χ2n) is 4.18. The molecule has 0 radical (unpaired) electrons. The fourth-order valence-electron chi connectivity index (χ4n) is 1.49. The molecule has 0 saturated carbocycles. The van der Waals surface area contributed by atoms with Crippen LogP contribution in [0.2, 0.25) is 0 Å². The summed E-state index contributed by atoms with van der Waals surface area (Å²) in [6.07, 6.45) is -1.42. The van der Waals surface area contributed by atoms with E-state index in [1.807, 2.05) is 0 Å². The molecule has 0 spiro atoms. The molecule has 0 aromatic rings. The molecule has 1 aliphatic heterocycles. The summed E-state index contributed by atoms with van der Waals surface area (Å²) in [6.45, 7) is 3.53. The Hall–Kier alpha value is -0.290. The lowest BCUT2D eigenvalue weighted by atomic mass is 10.0. The summed E-state index contributed by atoms with van der Waals surface area (Å²) in [4.78, 5) is 0. The standard InChI is InChI=1S/C9H17F3N2/c1-8(2,9(10,11)12)14-7-5-3-4-6-13-14/h13H,3-7H2,1-2H3. The van der Waals surface area contributed by atoms with Gasteiger partial charge in [0.25, 0.3) is 0 Å². The van der Waals surface area contributed by atoms with Crippen LogP contribution in [0.3, 0.4) is 0 Å². The molecule has 14 heavy (non-hydrogen) atoms. The molecule has 2 nitrogen and oxygen atoms in total. The zero-order valence-corrected chi connectivity index (χ0v) is 8.62. The van der Waals surface area contributed by atoms with E-state index < -0.39 is 11.7 Å². The molecule has 1 saturated heterocycles. The first-order valence-corrected chi connectivity index (χ1v) is 4.93. The van der Waals surface area contributed by atoms with Crippen LogP contribution in [0.15, 0.2) is 0 Å². The molecule has 5 heteroatoms. The van der Waals surface area contributed by atoms with Crippen LogP contribution < -0.4 is 5.43 Å². The fourth-order valence-corrected chi connectivity index (χ4v) is 1.49. The minimum Gasteiger partial charge on any atom is -0.254 e. The summed E-state index contributed by atoms with van der Waals surface area (Å²) in [7, 11) is 0. The van der Waals surface area contributed by atoms with Crippen molar-refractivity contribution >= 4 is 0 Å². The number of hydrazine groups is 1. The van der Waals surface area contributed by atoms with E-state index in [4.69, 9.17) is 0 Å². The Morgan fingerprint density at radius 3 is 2.29 bits per heavy atom. The Morgan fingerprint density at radius 1 is 1.07 bits per heavy atom. The molecule has 1 aliphatic rings. The number of hydrogen-bond acceptors (Lipinski definition) is 2. The number of alkyl halides is 3. The van der Waals surface area contributed by atoms with Crippen LogP contribution in [-0.2, 0) is 0 Å². The van der Waals surface area contributed by atoms with Crippen LogP contribution in [0.1, 0.15) is 33.1 Å². The molecule has 0 aliphatic carbocycles. The van der Waals surface area contributed by atoms with Crippen molar-refractivity contribution in [2.24, 2.45) is 0 Å². The fraction of sp³-hybridized carbons (Fsp3) is 1.00. The zero-order valence-electron chi connectivity index (χ0n) is 8.62. The summed E-state index contributed by atoms with van der Waals surface area (Å²) in [5.74, 6) is 0. The highest BCUT2D eigenvalue weighted by Crippen LogP contribution is 2.34. The van der Waals surface area contributed by atoms with Crippen LogP contribution in [0.4, 0.5) is 13.2 Å². The van der Waals surface area contributed by atoms with E-state index >= 15 is 0 Å². The van der Waals surface area contributed by atoms with Gasteiger partial charge in [-0.05, 0) is 26.7 Å². The Labute approximate surface area is 82.4 Å². The smallest absolute Gasteiger partial charge is 0.254 e. The van der Waals surface area contributed by atoms with Crippen molar-refractivity contribution in [3.05, 3.63) is 0 Å². The maximum absolute atomic E-state index is 12.7. The Morgan fingerprint density at radius 2 is 1.71 bits per heavy atom. The predicted molar refractivity (Wildman–Crippen MR) is 48.7 cm³/mol. The first-order chi connectivity index (χ1) is 6.36. The van der Waals surface area contributed by atoms with E-state index in [9.17, 15) is 13.2 Å². The number of rotatable bonds is 1. The molecule has 84 valence electrons. The molecule has 0 aromatic heterocycles. The SMILES string of the molecule is CC(C)(N1CCCCCN1)C(F)(F)F. The van der Waals surface area contributed by atoms with Gasteiger partial charge >= 0.3 is 6.18 Å². The third kappa shape index (κ3) is 2.39. The maximum Gasteiger partial charge on any atom is 0.407 e. The van der Waals surface area contributed by atoms with Gasteiger partial charge in [0.2, 0.25) is 0 Å². The molecule has 0 amide bonds. The summed E-state index contributed by atoms with van der Waals surface area (Å²) in [5, 5.41) is 1.32. The van der Waals surface area contributed by atoms with Crippen LogP contribution in [-0.4, -0.2) is 29.8 Å². The topological polar surface area (TPSA) is 15.3 Å². The Kier molecular flexibility index (Phi) is 3.42. The van der Waals surface area contributed by atoms with E-state index in [2.05, 4.69) is 5.43 Å². The van der Waals surface area contributed by atoms with Gasteiger partial charge < -0.3 is 0 Å². The van der Waals surface area contributed by atoms with Crippen LogP contribution in [0.5, 0.6) is 0 Å². The third-order valence-corrected chi connectivity index (χ3v) is 2.73. The number of nitrogens with one attached hydrogen (secondary N) is 1. The molecule has 0 aromatic carbocycles. The molecule has 0 unspecified atom stereocenters. The van der Waals surface area contributed by atoms with Crippen molar-refractivity contribution in [1.82, 2.24) is 10.4 Å². The summed E-state index contributed by atoms with van der Waals surface area (Å²) < 4.78 is 38.0. The molecule has 1 fully saturated rings. The first kappa shape index (κ1) is 11.8. The minimum atomic E-state index is -4.19. The highest BCUT2D eigenvalue weighted by atomic mass is 19.4. The van der Waals surface area contributed by atoms with E-state index in [1.165, 1.54) is 18.9 Å². The highest BCUT2D eigenvalue weighted by Gasteiger charge is 2.51. The molecular formula is C9H17F3N2. The average Bonchev–Trinajstić information content (AvgIpc) is 2.29. The van der Waals surface area contributed by atoms with Gasteiger partial charge in [-0.1, -0.05) is 6.42 Å². The van der Waals surface area contributed by atoms with Gasteiger partial charge in [-0.3, -0.25) is 5.43 Å². The van der Waals surface area contributed by atoms with Crippen molar-refractivity contribution in [2.45, 2.75) is 44.8 Å². The third-order valence-electron chi connectivity index (χ3n) is 2.73. The number of halogens is 3. The predicted octanol–water partition coefficient (Wildman–Crippen LogP) is 2.32. The molecule has 1 rings (SSSR count). The lowest BCUT2D eigenvalue weighted by Crippen LogP contribution is -2.59. The lowest BCUT2D eigenvalue weighted by molar-refractivity contribution is -0.229. The normalized spacial score (nSPS) is 22.1. The molecule has 1 heterocycles. The average molecular weight is 210 g/mol. The van der Waals surface area contributed by atoms with Gasteiger partial charge in [-0.25, -0.2) is 5.01 Å². The quantitative estimate of drug-likeness (QED) is 0.714. The first-order valence-electron chi connectivity index (χ1n) is 4.93. The molecule has 0 atom stereocenters. The molecular weight excluding hydrogens is 193 g/mol. The van der Waals surface area contributed by atoms with Crippen LogP contribution in [0.25, 0.3) is 0 Å². The van der Waals surface area contributed by atoms with E-state index in [0.717, 1.165) is 19.3 Å². The van der Waals surface area contributed by atoms with Gasteiger partial charge in [-0.2, -0.15) is 13.2 Å². The minimum absolute atomic E-state index is 0.465.